The zero-order valence-electron chi connectivity index (χ0n) is 12.8. The fraction of sp³-hybridized carbons (Fsp3) is 0.235. The molecular weight excluding hydrogens is 298 g/mol. The van der Waals surface area contributed by atoms with E-state index in [4.69, 9.17) is 5.11 Å². The minimum Gasteiger partial charge on any atom is -0.480 e. The van der Waals surface area contributed by atoms with Crippen molar-refractivity contribution in [2.45, 2.75) is 26.3 Å². The van der Waals surface area contributed by atoms with Gasteiger partial charge in [-0.25, -0.2) is 9.59 Å². The number of aromatic carboxylic acids is 1. The van der Waals surface area contributed by atoms with Gasteiger partial charge in [-0.15, -0.1) is 0 Å². The number of hydrogen-bond acceptors (Lipinski definition) is 3. The van der Waals surface area contributed by atoms with Gasteiger partial charge in [0.05, 0.1) is 5.69 Å². The number of hydrogen-bond donors (Lipinski definition) is 2. The molecule has 2 rings (SSSR count). The van der Waals surface area contributed by atoms with Crippen LogP contribution >= 0.6 is 0 Å². The molecule has 6 nitrogen and oxygen atoms in total. The summed E-state index contributed by atoms with van der Waals surface area (Å²) in [6, 6.07) is 8.85. The van der Waals surface area contributed by atoms with Gasteiger partial charge in [-0.05, 0) is 36.6 Å². The number of carboxylic acids is 2. The molecule has 120 valence electrons. The molecule has 1 aromatic carbocycles. The SMILES string of the molecule is CCc1ccc(-c2ccc(C(=O)O)c(=O)n2C(C)C(=O)O)cc1. The lowest BCUT2D eigenvalue weighted by Gasteiger charge is -2.17. The van der Waals surface area contributed by atoms with Crippen LogP contribution in [0.4, 0.5) is 0 Å². The highest BCUT2D eigenvalue weighted by Crippen LogP contribution is 2.22. The topological polar surface area (TPSA) is 96.6 Å². The summed E-state index contributed by atoms with van der Waals surface area (Å²) in [4.78, 5) is 34.8. The van der Waals surface area contributed by atoms with E-state index in [-0.39, 0.29) is 0 Å². The Labute approximate surface area is 132 Å². The van der Waals surface area contributed by atoms with E-state index in [1.54, 1.807) is 12.1 Å². The van der Waals surface area contributed by atoms with Gasteiger partial charge in [-0.3, -0.25) is 9.36 Å². The van der Waals surface area contributed by atoms with Crippen LogP contribution in [-0.4, -0.2) is 26.7 Å². The van der Waals surface area contributed by atoms with E-state index >= 15 is 0 Å². The molecule has 1 aromatic heterocycles. The van der Waals surface area contributed by atoms with Crippen molar-refractivity contribution in [3.8, 4) is 11.3 Å². The summed E-state index contributed by atoms with van der Waals surface area (Å²) >= 11 is 0. The number of carboxylic acid groups (broad SMARTS) is 2. The van der Waals surface area contributed by atoms with Crippen LogP contribution in [0, 0.1) is 0 Å². The first-order chi connectivity index (χ1) is 10.9. The Hall–Kier alpha value is -2.89. The number of nitrogens with zero attached hydrogens (tertiary/aromatic N) is 1. The van der Waals surface area contributed by atoms with Crippen LogP contribution in [0.5, 0.6) is 0 Å². The predicted molar refractivity (Wildman–Crippen MR) is 84.8 cm³/mol. The smallest absolute Gasteiger partial charge is 0.341 e. The van der Waals surface area contributed by atoms with Crippen LogP contribution < -0.4 is 5.56 Å². The van der Waals surface area contributed by atoms with Crippen molar-refractivity contribution in [1.29, 1.82) is 0 Å². The maximum Gasteiger partial charge on any atom is 0.341 e. The van der Waals surface area contributed by atoms with Gasteiger partial charge < -0.3 is 10.2 Å². The minimum absolute atomic E-state index is 0.373. The summed E-state index contributed by atoms with van der Waals surface area (Å²) in [5, 5.41) is 18.3. The van der Waals surface area contributed by atoms with E-state index in [1.807, 2.05) is 19.1 Å². The van der Waals surface area contributed by atoms with Crippen LogP contribution in [0.2, 0.25) is 0 Å². The van der Waals surface area contributed by atoms with E-state index in [2.05, 4.69) is 0 Å². The zero-order valence-corrected chi connectivity index (χ0v) is 12.8. The van der Waals surface area contributed by atoms with Crippen LogP contribution in [-0.2, 0) is 11.2 Å². The van der Waals surface area contributed by atoms with Gasteiger partial charge in [0, 0.05) is 0 Å². The number of aliphatic carboxylic acids is 1. The number of rotatable bonds is 5. The van der Waals surface area contributed by atoms with Gasteiger partial charge in [0.15, 0.2) is 0 Å². The summed E-state index contributed by atoms with van der Waals surface area (Å²) in [5.74, 6) is -2.59. The molecule has 2 aromatic rings. The van der Waals surface area contributed by atoms with Crippen LogP contribution in [0.15, 0.2) is 41.2 Å². The Kier molecular flexibility index (Phi) is 4.64. The van der Waals surface area contributed by atoms with Crippen molar-refractivity contribution < 1.29 is 19.8 Å². The highest BCUT2D eigenvalue weighted by atomic mass is 16.4. The summed E-state index contributed by atoms with van der Waals surface area (Å²) in [5.41, 5.74) is 0.856. The van der Waals surface area contributed by atoms with Crippen LogP contribution in [0.3, 0.4) is 0 Å². The highest BCUT2D eigenvalue weighted by Gasteiger charge is 2.22. The molecule has 0 aliphatic rings. The summed E-state index contributed by atoms with van der Waals surface area (Å²) in [7, 11) is 0. The molecule has 0 saturated heterocycles. The van der Waals surface area contributed by atoms with Crippen LogP contribution in [0.1, 0.15) is 35.8 Å². The molecule has 1 heterocycles. The molecule has 0 aliphatic heterocycles. The molecule has 1 atom stereocenters. The molecule has 0 saturated carbocycles. The number of benzene rings is 1. The zero-order chi connectivity index (χ0) is 17.1. The first-order valence-corrected chi connectivity index (χ1v) is 7.17. The van der Waals surface area contributed by atoms with Gasteiger partial charge in [0.25, 0.3) is 5.56 Å². The fourth-order valence-corrected chi connectivity index (χ4v) is 2.36. The normalized spacial score (nSPS) is 11.9. The Morgan fingerprint density at radius 3 is 2.17 bits per heavy atom. The molecule has 0 spiro atoms. The summed E-state index contributed by atoms with van der Waals surface area (Å²) in [6.45, 7) is 3.36. The van der Waals surface area contributed by atoms with Crippen molar-refractivity contribution in [3.05, 3.63) is 57.9 Å². The Bertz CT molecular complexity index is 805. The van der Waals surface area contributed by atoms with E-state index in [0.717, 1.165) is 16.6 Å². The Morgan fingerprint density at radius 2 is 1.70 bits per heavy atom. The second kappa shape index (κ2) is 6.48. The van der Waals surface area contributed by atoms with Gasteiger partial charge >= 0.3 is 11.9 Å². The number of pyridine rings is 1. The van der Waals surface area contributed by atoms with Crippen molar-refractivity contribution in [1.82, 2.24) is 4.57 Å². The highest BCUT2D eigenvalue weighted by molar-refractivity contribution is 5.88. The Morgan fingerprint density at radius 1 is 1.09 bits per heavy atom. The summed E-state index contributed by atoms with van der Waals surface area (Å²) < 4.78 is 1.01. The average molecular weight is 315 g/mol. The predicted octanol–water partition coefficient (Wildman–Crippen LogP) is 2.42. The molecule has 0 amide bonds. The van der Waals surface area contributed by atoms with Gasteiger partial charge in [-0.2, -0.15) is 0 Å². The minimum atomic E-state index is -1.38. The second-order valence-electron chi connectivity index (χ2n) is 5.18. The third-order valence-corrected chi connectivity index (χ3v) is 3.75. The number of carbonyl (C=O) groups is 2. The first-order valence-electron chi connectivity index (χ1n) is 7.17. The lowest BCUT2D eigenvalue weighted by atomic mass is 10.0. The fourth-order valence-electron chi connectivity index (χ4n) is 2.36. The molecule has 6 heteroatoms. The molecule has 0 bridgehead atoms. The first kappa shape index (κ1) is 16.5. The van der Waals surface area contributed by atoms with Crippen molar-refractivity contribution in [2.24, 2.45) is 0 Å². The second-order valence-corrected chi connectivity index (χ2v) is 5.18. The maximum absolute atomic E-state index is 12.4. The third-order valence-electron chi connectivity index (χ3n) is 3.75. The van der Waals surface area contributed by atoms with Gasteiger partial charge in [0.1, 0.15) is 11.6 Å². The molecule has 1 unspecified atom stereocenters. The molecule has 0 radical (unpaired) electrons. The quantitative estimate of drug-likeness (QED) is 0.883. The molecule has 0 aliphatic carbocycles. The lowest BCUT2D eigenvalue weighted by Crippen LogP contribution is -2.32. The molecule has 2 N–H and O–H groups in total. The number of aryl methyl sites for hydroxylation is 1. The van der Waals surface area contributed by atoms with Crippen LogP contribution in [0.25, 0.3) is 11.3 Å². The maximum atomic E-state index is 12.4. The molecule has 0 fully saturated rings. The monoisotopic (exact) mass is 315 g/mol. The van der Waals surface area contributed by atoms with Gasteiger partial charge in [0.2, 0.25) is 0 Å². The lowest BCUT2D eigenvalue weighted by molar-refractivity contribution is -0.140. The van der Waals surface area contributed by atoms with Gasteiger partial charge in [-0.1, -0.05) is 31.2 Å². The standard InChI is InChI=1S/C17H17NO5/c1-3-11-4-6-12(7-5-11)14-9-8-13(17(22)23)15(19)18(14)10(2)16(20)21/h4-10H,3H2,1-2H3,(H,20,21)(H,22,23). The van der Waals surface area contributed by atoms with E-state index in [0.29, 0.717) is 11.3 Å². The molecular formula is C17H17NO5. The van der Waals surface area contributed by atoms with E-state index in [9.17, 15) is 19.5 Å². The van der Waals surface area contributed by atoms with Crippen molar-refractivity contribution >= 4 is 11.9 Å². The van der Waals surface area contributed by atoms with Crippen molar-refractivity contribution in [2.75, 3.05) is 0 Å². The van der Waals surface area contributed by atoms with Crippen molar-refractivity contribution in [3.63, 3.8) is 0 Å². The summed E-state index contributed by atoms with van der Waals surface area (Å²) in [6.07, 6.45) is 0.858. The molecule has 23 heavy (non-hydrogen) atoms. The Balaban J connectivity index is 2.71. The average Bonchev–Trinajstić information content (AvgIpc) is 2.53. The number of aromatic nitrogens is 1. The van der Waals surface area contributed by atoms with E-state index < -0.39 is 29.1 Å². The largest absolute Gasteiger partial charge is 0.480 e. The van der Waals surface area contributed by atoms with E-state index in [1.165, 1.54) is 19.1 Å². The third kappa shape index (κ3) is 3.15.